The van der Waals surface area contributed by atoms with Gasteiger partial charge in [-0.15, -0.1) is 12.4 Å². The number of halogens is 1. The highest BCUT2D eigenvalue weighted by molar-refractivity contribution is 5.85. The molecule has 0 amide bonds. The minimum absolute atomic E-state index is 0. The number of aromatic nitrogens is 1. The molecule has 4 nitrogen and oxygen atoms in total. The second-order valence-corrected chi connectivity index (χ2v) is 5.60. The van der Waals surface area contributed by atoms with Crippen molar-refractivity contribution in [3.8, 4) is 11.5 Å². The van der Waals surface area contributed by atoms with E-state index in [-0.39, 0.29) is 12.4 Å². The van der Waals surface area contributed by atoms with Crippen molar-refractivity contribution in [3.63, 3.8) is 0 Å². The lowest BCUT2D eigenvalue weighted by molar-refractivity contribution is 0.197. The molecule has 1 saturated heterocycles. The van der Waals surface area contributed by atoms with E-state index in [1.807, 2.05) is 0 Å². The summed E-state index contributed by atoms with van der Waals surface area (Å²) in [5.41, 5.74) is 3.29. The summed E-state index contributed by atoms with van der Waals surface area (Å²) in [5, 5.41) is 3.45. The number of aryl methyl sites for hydroxylation is 1. The first kappa shape index (κ1) is 16.0. The first-order valence-electron chi connectivity index (χ1n) is 7.18. The maximum Gasteiger partial charge on any atom is 0.226 e. The number of nitrogens with zero attached hydrogens (tertiary/aromatic N) is 2. The highest BCUT2D eigenvalue weighted by Gasteiger charge is 2.17. The molecule has 0 bridgehead atoms. The zero-order valence-electron chi connectivity index (χ0n) is 12.5. The molecule has 0 spiro atoms. The van der Waals surface area contributed by atoms with Crippen molar-refractivity contribution in [2.45, 2.75) is 26.4 Å². The Morgan fingerprint density at radius 1 is 1.33 bits per heavy atom. The van der Waals surface area contributed by atoms with Crippen molar-refractivity contribution >= 4 is 12.4 Å². The molecule has 1 N–H and O–H groups in total. The summed E-state index contributed by atoms with van der Waals surface area (Å²) < 4.78 is 5.61. The van der Waals surface area contributed by atoms with Crippen LogP contribution in [0.25, 0.3) is 11.5 Å². The zero-order valence-corrected chi connectivity index (χ0v) is 13.3. The lowest BCUT2D eigenvalue weighted by Gasteiger charge is -2.31. The number of benzene rings is 1. The predicted molar refractivity (Wildman–Crippen MR) is 86.7 cm³/mol. The van der Waals surface area contributed by atoms with Crippen LogP contribution in [0.3, 0.4) is 0 Å². The Bertz CT molecular complexity index is 567. The summed E-state index contributed by atoms with van der Waals surface area (Å²) >= 11 is 0. The van der Waals surface area contributed by atoms with Gasteiger partial charge in [0.25, 0.3) is 0 Å². The lowest BCUT2D eigenvalue weighted by atomic mass is 10.1. The van der Waals surface area contributed by atoms with Gasteiger partial charge in [0.05, 0.1) is 5.69 Å². The van der Waals surface area contributed by atoms with Crippen LogP contribution in [0.5, 0.6) is 0 Å². The summed E-state index contributed by atoms with van der Waals surface area (Å²) in [6.07, 6.45) is 1.78. The van der Waals surface area contributed by atoms with Crippen LogP contribution in [-0.4, -0.2) is 35.6 Å². The molecule has 1 fully saturated rings. The highest BCUT2D eigenvalue weighted by Crippen LogP contribution is 2.19. The van der Waals surface area contributed by atoms with Crippen molar-refractivity contribution < 1.29 is 4.42 Å². The highest BCUT2D eigenvalue weighted by atomic mass is 35.5. The van der Waals surface area contributed by atoms with E-state index in [1.54, 1.807) is 6.26 Å². The number of nitrogens with one attached hydrogen (secondary N) is 1. The molecule has 114 valence electrons. The van der Waals surface area contributed by atoms with E-state index in [9.17, 15) is 0 Å². The minimum Gasteiger partial charge on any atom is -0.444 e. The van der Waals surface area contributed by atoms with Crippen LogP contribution in [0.15, 0.2) is 34.9 Å². The first-order chi connectivity index (χ1) is 9.70. The normalized spacial score (nSPS) is 19.2. The molecule has 1 aliphatic heterocycles. The molecular weight excluding hydrogens is 286 g/mol. The molecule has 0 aliphatic carbocycles. The monoisotopic (exact) mass is 307 g/mol. The van der Waals surface area contributed by atoms with Gasteiger partial charge in [0.15, 0.2) is 0 Å². The van der Waals surface area contributed by atoms with E-state index in [0.29, 0.717) is 11.9 Å². The lowest BCUT2D eigenvalue weighted by Crippen LogP contribution is -2.48. The number of hydrogen-bond donors (Lipinski definition) is 1. The van der Waals surface area contributed by atoms with Crippen molar-refractivity contribution in [2.75, 3.05) is 19.6 Å². The Kier molecular flexibility index (Phi) is 5.39. The van der Waals surface area contributed by atoms with E-state index in [2.05, 4.69) is 53.3 Å². The number of rotatable bonds is 3. The Morgan fingerprint density at radius 2 is 2.10 bits per heavy atom. The van der Waals surface area contributed by atoms with Gasteiger partial charge in [-0.25, -0.2) is 4.98 Å². The van der Waals surface area contributed by atoms with Gasteiger partial charge in [0.2, 0.25) is 5.89 Å². The molecule has 1 atom stereocenters. The third kappa shape index (κ3) is 4.06. The van der Waals surface area contributed by atoms with Gasteiger partial charge in [-0.2, -0.15) is 0 Å². The summed E-state index contributed by atoms with van der Waals surface area (Å²) in [5.74, 6) is 0.711. The molecule has 5 heteroatoms. The van der Waals surface area contributed by atoms with Gasteiger partial charge < -0.3 is 9.73 Å². The molecule has 0 radical (unpaired) electrons. The number of hydrogen-bond acceptors (Lipinski definition) is 4. The number of piperazine rings is 1. The van der Waals surface area contributed by atoms with E-state index in [4.69, 9.17) is 4.42 Å². The van der Waals surface area contributed by atoms with Gasteiger partial charge in [-0.3, -0.25) is 4.90 Å². The Labute approximate surface area is 132 Å². The molecule has 21 heavy (non-hydrogen) atoms. The van der Waals surface area contributed by atoms with Crippen molar-refractivity contribution in [1.29, 1.82) is 0 Å². The van der Waals surface area contributed by atoms with Gasteiger partial charge in [0.1, 0.15) is 6.26 Å². The fourth-order valence-corrected chi connectivity index (χ4v) is 2.59. The van der Waals surface area contributed by atoms with Crippen LogP contribution in [0.4, 0.5) is 0 Å². The predicted octanol–water partition coefficient (Wildman–Crippen LogP) is 2.87. The maximum absolute atomic E-state index is 5.61. The molecule has 1 aromatic heterocycles. The van der Waals surface area contributed by atoms with Crippen LogP contribution < -0.4 is 5.32 Å². The fraction of sp³-hybridized carbons (Fsp3) is 0.438. The summed E-state index contributed by atoms with van der Waals surface area (Å²) in [6.45, 7) is 8.33. The largest absolute Gasteiger partial charge is 0.444 e. The quantitative estimate of drug-likeness (QED) is 0.947. The average molecular weight is 308 g/mol. The van der Waals surface area contributed by atoms with E-state index >= 15 is 0 Å². The summed E-state index contributed by atoms with van der Waals surface area (Å²) in [7, 11) is 0. The molecule has 0 saturated carbocycles. The smallest absolute Gasteiger partial charge is 0.226 e. The Morgan fingerprint density at radius 3 is 2.81 bits per heavy atom. The molecule has 3 rings (SSSR count). The van der Waals surface area contributed by atoms with Gasteiger partial charge in [-0.1, -0.05) is 17.7 Å². The maximum atomic E-state index is 5.61. The van der Waals surface area contributed by atoms with Crippen molar-refractivity contribution in [1.82, 2.24) is 15.2 Å². The number of oxazole rings is 1. The standard InChI is InChI=1S/C16H21N3O.ClH/c1-12-3-5-14(6-4-12)16-18-15(11-20-16)10-19-8-7-17-13(2)9-19;/h3-6,11,13,17H,7-10H2,1-2H3;1H. The van der Waals surface area contributed by atoms with Gasteiger partial charge >= 0.3 is 0 Å². The van der Waals surface area contributed by atoms with Crippen LogP contribution in [-0.2, 0) is 6.54 Å². The third-order valence-corrected chi connectivity index (χ3v) is 3.69. The van der Waals surface area contributed by atoms with E-state index in [0.717, 1.165) is 37.4 Å². The fourth-order valence-electron chi connectivity index (χ4n) is 2.59. The van der Waals surface area contributed by atoms with Crippen LogP contribution in [0.2, 0.25) is 0 Å². The summed E-state index contributed by atoms with van der Waals surface area (Å²) in [6, 6.07) is 8.82. The topological polar surface area (TPSA) is 41.3 Å². The van der Waals surface area contributed by atoms with Gasteiger partial charge in [-0.05, 0) is 26.0 Å². The molecule has 2 aromatic rings. The van der Waals surface area contributed by atoms with Crippen LogP contribution in [0.1, 0.15) is 18.2 Å². The van der Waals surface area contributed by atoms with E-state index in [1.165, 1.54) is 5.56 Å². The first-order valence-corrected chi connectivity index (χ1v) is 7.18. The third-order valence-electron chi connectivity index (χ3n) is 3.69. The molecular formula is C16H22ClN3O. The second kappa shape index (κ2) is 7.07. The van der Waals surface area contributed by atoms with Crippen molar-refractivity contribution in [2.24, 2.45) is 0 Å². The van der Waals surface area contributed by atoms with Crippen LogP contribution in [0, 0.1) is 6.92 Å². The Hall–Kier alpha value is -1.36. The summed E-state index contributed by atoms with van der Waals surface area (Å²) in [4.78, 5) is 7.02. The minimum atomic E-state index is 0. The average Bonchev–Trinajstić information content (AvgIpc) is 2.88. The second-order valence-electron chi connectivity index (χ2n) is 5.60. The molecule has 1 aliphatic rings. The van der Waals surface area contributed by atoms with Gasteiger partial charge in [0, 0.05) is 37.8 Å². The molecule has 1 unspecified atom stereocenters. The SMILES string of the molecule is Cc1ccc(-c2nc(CN3CCNC(C)C3)co2)cc1.Cl. The molecule has 2 heterocycles. The van der Waals surface area contributed by atoms with E-state index < -0.39 is 0 Å². The zero-order chi connectivity index (χ0) is 13.9. The van der Waals surface area contributed by atoms with Crippen molar-refractivity contribution in [3.05, 3.63) is 41.8 Å². The Balaban J connectivity index is 0.00000161. The van der Waals surface area contributed by atoms with Crippen LogP contribution >= 0.6 is 12.4 Å². The molecule has 1 aromatic carbocycles.